The molecule has 0 bridgehead atoms. The number of benzene rings is 1. The van der Waals surface area contributed by atoms with Crippen LogP contribution in [0.25, 0.3) is 0 Å². The summed E-state index contributed by atoms with van der Waals surface area (Å²) in [6, 6.07) is 7.00. The highest BCUT2D eigenvalue weighted by atomic mass is 35.5. The van der Waals surface area contributed by atoms with Gasteiger partial charge in [-0.3, -0.25) is 0 Å². The van der Waals surface area contributed by atoms with E-state index in [9.17, 15) is 10.2 Å². The SMILES string of the molecule is CC(C)[C@@H](O)[C@H](O)c1ccccc1Cl. The normalized spacial score (nSPS) is 15.6. The maximum Gasteiger partial charge on any atom is 0.107 e. The fourth-order valence-corrected chi connectivity index (χ4v) is 1.51. The third-order valence-electron chi connectivity index (χ3n) is 2.23. The van der Waals surface area contributed by atoms with E-state index in [0.29, 0.717) is 10.6 Å². The summed E-state index contributed by atoms with van der Waals surface area (Å²) in [5, 5.41) is 20.0. The molecule has 2 atom stereocenters. The van der Waals surface area contributed by atoms with Crippen molar-refractivity contribution in [3.63, 3.8) is 0 Å². The Labute approximate surface area is 89.1 Å². The summed E-state index contributed by atoms with van der Waals surface area (Å²) in [4.78, 5) is 0. The van der Waals surface area contributed by atoms with E-state index in [-0.39, 0.29) is 5.92 Å². The van der Waals surface area contributed by atoms with Gasteiger partial charge in [0.25, 0.3) is 0 Å². The molecule has 0 saturated heterocycles. The first-order valence-electron chi connectivity index (χ1n) is 4.64. The molecule has 0 radical (unpaired) electrons. The monoisotopic (exact) mass is 214 g/mol. The van der Waals surface area contributed by atoms with Crippen molar-refractivity contribution in [3.05, 3.63) is 34.9 Å². The second kappa shape index (κ2) is 4.78. The molecule has 0 aromatic heterocycles. The van der Waals surface area contributed by atoms with Crippen LogP contribution in [0.15, 0.2) is 24.3 Å². The summed E-state index contributed by atoms with van der Waals surface area (Å²) in [7, 11) is 0. The minimum Gasteiger partial charge on any atom is -0.390 e. The van der Waals surface area contributed by atoms with Crippen LogP contribution < -0.4 is 0 Å². The zero-order valence-electron chi connectivity index (χ0n) is 8.31. The van der Waals surface area contributed by atoms with Crippen LogP contribution in [-0.4, -0.2) is 16.3 Å². The van der Waals surface area contributed by atoms with Gasteiger partial charge in [-0.25, -0.2) is 0 Å². The number of aliphatic hydroxyl groups is 2. The third kappa shape index (κ3) is 2.47. The number of halogens is 1. The van der Waals surface area contributed by atoms with Crippen molar-refractivity contribution in [1.82, 2.24) is 0 Å². The number of aliphatic hydroxyl groups excluding tert-OH is 2. The quantitative estimate of drug-likeness (QED) is 0.811. The molecule has 1 aromatic carbocycles. The molecule has 1 aromatic rings. The number of rotatable bonds is 3. The van der Waals surface area contributed by atoms with Gasteiger partial charge >= 0.3 is 0 Å². The van der Waals surface area contributed by atoms with Crippen molar-refractivity contribution in [2.24, 2.45) is 5.92 Å². The molecule has 0 amide bonds. The molecule has 0 spiro atoms. The Balaban J connectivity index is 2.89. The van der Waals surface area contributed by atoms with Gasteiger partial charge in [0.05, 0.1) is 6.10 Å². The second-order valence-electron chi connectivity index (χ2n) is 3.70. The highest BCUT2D eigenvalue weighted by molar-refractivity contribution is 6.31. The van der Waals surface area contributed by atoms with E-state index in [1.54, 1.807) is 24.3 Å². The van der Waals surface area contributed by atoms with Gasteiger partial charge in [0.1, 0.15) is 6.10 Å². The highest BCUT2D eigenvalue weighted by Gasteiger charge is 2.22. The van der Waals surface area contributed by atoms with Crippen LogP contribution in [0.4, 0.5) is 0 Å². The van der Waals surface area contributed by atoms with E-state index in [1.807, 2.05) is 13.8 Å². The van der Waals surface area contributed by atoms with Gasteiger partial charge in [0, 0.05) is 10.6 Å². The van der Waals surface area contributed by atoms with Crippen LogP contribution in [0, 0.1) is 5.92 Å². The van der Waals surface area contributed by atoms with Gasteiger partial charge in [-0.05, 0) is 12.0 Å². The predicted molar refractivity (Wildman–Crippen MR) is 57.3 cm³/mol. The van der Waals surface area contributed by atoms with Gasteiger partial charge in [-0.2, -0.15) is 0 Å². The average Bonchev–Trinajstić information content (AvgIpc) is 2.16. The maximum atomic E-state index is 9.81. The number of hydrogen-bond donors (Lipinski definition) is 2. The molecule has 1 rings (SSSR count). The number of hydrogen-bond acceptors (Lipinski definition) is 2. The first-order chi connectivity index (χ1) is 6.54. The molecule has 0 unspecified atom stereocenters. The lowest BCUT2D eigenvalue weighted by molar-refractivity contribution is -0.00934. The van der Waals surface area contributed by atoms with Crippen molar-refractivity contribution in [1.29, 1.82) is 0 Å². The van der Waals surface area contributed by atoms with E-state index < -0.39 is 12.2 Å². The zero-order valence-corrected chi connectivity index (χ0v) is 9.07. The molecule has 0 fully saturated rings. The predicted octanol–water partition coefficient (Wildman–Crippen LogP) is 2.39. The maximum absolute atomic E-state index is 9.81. The standard InChI is InChI=1S/C11H15ClO2/c1-7(2)10(13)11(14)8-5-3-4-6-9(8)12/h3-7,10-11,13-14H,1-2H3/t10-,11-/m1/s1. The fourth-order valence-electron chi connectivity index (χ4n) is 1.26. The smallest absolute Gasteiger partial charge is 0.107 e. The molecular weight excluding hydrogens is 200 g/mol. The lowest BCUT2D eigenvalue weighted by Gasteiger charge is -2.22. The van der Waals surface area contributed by atoms with Gasteiger partial charge in [-0.1, -0.05) is 43.6 Å². The molecule has 0 saturated carbocycles. The van der Waals surface area contributed by atoms with Crippen LogP contribution in [0.3, 0.4) is 0 Å². The molecule has 0 aliphatic rings. The van der Waals surface area contributed by atoms with Crippen LogP contribution in [0.5, 0.6) is 0 Å². The second-order valence-corrected chi connectivity index (χ2v) is 4.11. The molecule has 14 heavy (non-hydrogen) atoms. The van der Waals surface area contributed by atoms with Crippen molar-refractivity contribution in [2.45, 2.75) is 26.1 Å². The molecule has 2 N–H and O–H groups in total. The Morgan fingerprint density at radius 2 is 1.71 bits per heavy atom. The van der Waals surface area contributed by atoms with Crippen LogP contribution in [0.2, 0.25) is 5.02 Å². The van der Waals surface area contributed by atoms with Crippen LogP contribution >= 0.6 is 11.6 Å². The minimum atomic E-state index is -0.913. The summed E-state index contributed by atoms with van der Waals surface area (Å²) in [5.74, 6) is 0.00118. The molecular formula is C11H15ClO2. The van der Waals surface area contributed by atoms with Crippen molar-refractivity contribution in [2.75, 3.05) is 0 Å². The Kier molecular flexibility index (Phi) is 3.93. The topological polar surface area (TPSA) is 40.5 Å². The van der Waals surface area contributed by atoms with E-state index in [2.05, 4.69) is 0 Å². The van der Waals surface area contributed by atoms with Crippen molar-refractivity contribution < 1.29 is 10.2 Å². The summed E-state index contributed by atoms with van der Waals surface area (Å²) in [6.07, 6.45) is -1.70. The summed E-state index contributed by atoms with van der Waals surface area (Å²) < 4.78 is 0. The third-order valence-corrected chi connectivity index (χ3v) is 2.57. The zero-order chi connectivity index (χ0) is 10.7. The molecule has 0 aliphatic heterocycles. The van der Waals surface area contributed by atoms with E-state index in [0.717, 1.165) is 0 Å². The Morgan fingerprint density at radius 3 is 2.21 bits per heavy atom. The minimum absolute atomic E-state index is 0.00118. The largest absolute Gasteiger partial charge is 0.390 e. The average molecular weight is 215 g/mol. The molecule has 3 heteroatoms. The molecule has 0 aliphatic carbocycles. The van der Waals surface area contributed by atoms with Gasteiger partial charge < -0.3 is 10.2 Å². The van der Waals surface area contributed by atoms with Crippen LogP contribution in [0.1, 0.15) is 25.5 Å². The first-order valence-corrected chi connectivity index (χ1v) is 5.02. The lowest BCUT2D eigenvalue weighted by atomic mass is 9.96. The molecule has 78 valence electrons. The van der Waals surface area contributed by atoms with Gasteiger partial charge in [-0.15, -0.1) is 0 Å². The van der Waals surface area contributed by atoms with E-state index in [1.165, 1.54) is 0 Å². The first kappa shape index (κ1) is 11.5. The summed E-state index contributed by atoms with van der Waals surface area (Å²) in [6.45, 7) is 3.70. The Bertz CT molecular complexity index is 299. The lowest BCUT2D eigenvalue weighted by Crippen LogP contribution is -2.24. The molecule has 2 nitrogen and oxygen atoms in total. The van der Waals surface area contributed by atoms with Gasteiger partial charge in [0.15, 0.2) is 0 Å². The van der Waals surface area contributed by atoms with E-state index >= 15 is 0 Å². The molecule has 0 heterocycles. The fraction of sp³-hybridized carbons (Fsp3) is 0.455. The van der Waals surface area contributed by atoms with Crippen molar-refractivity contribution >= 4 is 11.6 Å². The van der Waals surface area contributed by atoms with Crippen LogP contribution in [-0.2, 0) is 0 Å². The Morgan fingerprint density at radius 1 is 1.14 bits per heavy atom. The summed E-state index contributed by atoms with van der Waals surface area (Å²) in [5.41, 5.74) is 0.579. The van der Waals surface area contributed by atoms with Gasteiger partial charge in [0.2, 0.25) is 0 Å². The summed E-state index contributed by atoms with van der Waals surface area (Å²) >= 11 is 5.90. The highest BCUT2D eigenvalue weighted by Crippen LogP contribution is 2.27. The van der Waals surface area contributed by atoms with E-state index in [4.69, 9.17) is 11.6 Å². The Hall–Kier alpha value is -0.570. The van der Waals surface area contributed by atoms with Crippen molar-refractivity contribution in [3.8, 4) is 0 Å².